The van der Waals surface area contributed by atoms with E-state index in [4.69, 9.17) is 9.47 Å². The lowest BCUT2D eigenvalue weighted by atomic mass is 9.97. The number of carbonyl (C=O) groups excluding carboxylic acids is 1. The quantitative estimate of drug-likeness (QED) is 0.814. The molecule has 0 bridgehead atoms. The van der Waals surface area contributed by atoms with Crippen molar-refractivity contribution < 1.29 is 14.3 Å². The second-order valence-electron chi connectivity index (χ2n) is 6.08. The van der Waals surface area contributed by atoms with E-state index in [1.54, 1.807) is 48.0 Å². The summed E-state index contributed by atoms with van der Waals surface area (Å²) in [5.74, 6) is 0.228. The van der Waals surface area contributed by atoms with Gasteiger partial charge in [0.25, 0.3) is 5.56 Å². The van der Waals surface area contributed by atoms with E-state index < -0.39 is 11.6 Å². The Kier molecular flexibility index (Phi) is 4.01. The second-order valence-corrected chi connectivity index (χ2v) is 6.08. The molecule has 0 fully saturated rings. The lowest BCUT2D eigenvalue weighted by Crippen LogP contribution is -2.32. The van der Waals surface area contributed by atoms with Crippen LogP contribution in [0.15, 0.2) is 53.5 Å². The van der Waals surface area contributed by atoms with E-state index in [0.29, 0.717) is 29.2 Å². The van der Waals surface area contributed by atoms with Gasteiger partial charge in [0.15, 0.2) is 0 Å². The summed E-state index contributed by atoms with van der Waals surface area (Å²) in [5.41, 5.74) is 1.09. The summed E-state index contributed by atoms with van der Waals surface area (Å²) in [6, 6.07) is 10.1. The SMILES string of the molecule is CCOC(=O)c1ccc2c(c1)C(n1ccccc1=O)=CC(C)(C)O2. The van der Waals surface area contributed by atoms with Crippen molar-refractivity contribution in [3.63, 3.8) is 0 Å². The molecule has 24 heavy (non-hydrogen) atoms. The maximum atomic E-state index is 12.3. The third-order valence-corrected chi connectivity index (χ3v) is 3.71. The van der Waals surface area contributed by atoms with Gasteiger partial charge in [-0.1, -0.05) is 6.07 Å². The molecule has 0 spiro atoms. The van der Waals surface area contributed by atoms with E-state index >= 15 is 0 Å². The van der Waals surface area contributed by atoms with Gasteiger partial charge in [0, 0.05) is 17.8 Å². The average Bonchev–Trinajstić information content (AvgIpc) is 2.53. The maximum Gasteiger partial charge on any atom is 0.338 e. The molecular formula is C19H19NO4. The summed E-state index contributed by atoms with van der Waals surface area (Å²) >= 11 is 0. The van der Waals surface area contributed by atoms with Crippen molar-refractivity contribution in [1.29, 1.82) is 0 Å². The van der Waals surface area contributed by atoms with Gasteiger partial charge in [-0.15, -0.1) is 0 Å². The zero-order valence-electron chi connectivity index (χ0n) is 13.9. The second kappa shape index (κ2) is 6.00. The highest BCUT2D eigenvalue weighted by Crippen LogP contribution is 2.36. The fraction of sp³-hybridized carbons (Fsp3) is 0.263. The third kappa shape index (κ3) is 2.97. The van der Waals surface area contributed by atoms with Crippen LogP contribution in [0.1, 0.15) is 36.7 Å². The van der Waals surface area contributed by atoms with E-state index in [1.807, 2.05) is 19.9 Å². The number of rotatable bonds is 3. The van der Waals surface area contributed by atoms with Crippen LogP contribution in [0.2, 0.25) is 0 Å². The van der Waals surface area contributed by atoms with Crippen molar-refractivity contribution in [2.75, 3.05) is 6.61 Å². The lowest BCUT2D eigenvalue weighted by molar-refractivity contribution is 0.0526. The zero-order chi connectivity index (χ0) is 17.3. The van der Waals surface area contributed by atoms with Gasteiger partial charge >= 0.3 is 5.97 Å². The van der Waals surface area contributed by atoms with Crippen LogP contribution >= 0.6 is 0 Å². The number of fused-ring (bicyclic) bond motifs is 1. The number of nitrogens with zero attached hydrogens (tertiary/aromatic N) is 1. The number of hydrogen-bond donors (Lipinski definition) is 0. The summed E-state index contributed by atoms with van der Waals surface area (Å²) in [6.07, 6.45) is 3.59. The van der Waals surface area contributed by atoms with Crippen molar-refractivity contribution >= 4 is 11.7 Å². The van der Waals surface area contributed by atoms with Gasteiger partial charge in [0.2, 0.25) is 0 Å². The molecule has 0 aliphatic carbocycles. The monoisotopic (exact) mass is 325 g/mol. The first kappa shape index (κ1) is 16.1. The molecule has 0 radical (unpaired) electrons. The molecule has 5 heteroatoms. The molecule has 2 heterocycles. The van der Waals surface area contributed by atoms with Crippen LogP contribution < -0.4 is 10.3 Å². The Hall–Kier alpha value is -2.82. The van der Waals surface area contributed by atoms with Gasteiger partial charge < -0.3 is 9.47 Å². The molecule has 0 unspecified atom stereocenters. The van der Waals surface area contributed by atoms with Crippen LogP contribution in [-0.4, -0.2) is 22.7 Å². The first-order valence-electron chi connectivity index (χ1n) is 7.83. The molecule has 0 N–H and O–H groups in total. The van der Waals surface area contributed by atoms with E-state index in [2.05, 4.69) is 0 Å². The number of benzene rings is 1. The van der Waals surface area contributed by atoms with Gasteiger partial charge in [-0.3, -0.25) is 9.36 Å². The Morgan fingerprint density at radius 3 is 2.75 bits per heavy atom. The minimum Gasteiger partial charge on any atom is -0.483 e. The van der Waals surface area contributed by atoms with Gasteiger partial charge in [0.1, 0.15) is 11.4 Å². The van der Waals surface area contributed by atoms with Crippen LogP contribution in [-0.2, 0) is 4.74 Å². The molecule has 5 nitrogen and oxygen atoms in total. The number of pyridine rings is 1. The zero-order valence-corrected chi connectivity index (χ0v) is 13.9. The van der Waals surface area contributed by atoms with Crippen molar-refractivity contribution in [3.8, 4) is 5.75 Å². The van der Waals surface area contributed by atoms with Crippen molar-refractivity contribution in [3.05, 3.63) is 70.2 Å². The summed E-state index contributed by atoms with van der Waals surface area (Å²) in [4.78, 5) is 24.3. The number of aromatic nitrogens is 1. The van der Waals surface area contributed by atoms with E-state index in [1.165, 1.54) is 6.07 Å². The van der Waals surface area contributed by atoms with Crippen LogP contribution in [0.5, 0.6) is 5.75 Å². The normalized spacial score (nSPS) is 15.0. The standard InChI is InChI=1S/C19H19NO4/c1-4-23-18(22)13-8-9-16-14(11-13)15(12-19(2,3)24-16)20-10-6-5-7-17(20)21/h5-12H,4H2,1-3H3. The number of esters is 1. The summed E-state index contributed by atoms with van der Waals surface area (Å²) in [6.45, 7) is 5.91. The van der Waals surface area contributed by atoms with Gasteiger partial charge in [-0.25, -0.2) is 4.79 Å². The lowest BCUT2D eigenvalue weighted by Gasteiger charge is -2.31. The van der Waals surface area contributed by atoms with Crippen molar-refractivity contribution in [1.82, 2.24) is 4.57 Å². The topological polar surface area (TPSA) is 57.5 Å². The van der Waals surface area contributed by atoms with Gasteiger partial charge in [-0.2, -0.15) is 0 Å². The molecule has 0 saturated heterocycles. The molecule has 2 aromatic rings. The molecule has 124 valence electrons. The Labute approximate surface area is 140 Å². The molecule has 0 amide bonds. The summed E-state index contributed by atoms with van der Waals surface area (Å²) in [5, 5.41) is 0. The predicted octanol–water partition coefficient (Wildman–Crippen LogP) is 3.09. The number of carbonyl (C=O) groups is 1. The first-order valence-corrected chi connectivity index (χ1v) is 7.83. The highest BCUT2D eigenvalue weighted by atomic mass is 16.5. The van der Waals surface area contributed by atoms with Crippen LogP contribution in [0.3, 0.4) is 0 Å². The van der Waals surface area contributed by atoms with E-state index in [-0.39, 0.29) is 5.56 Å². The molecule has 0 atom stereocenters. The first-order chi connectivity index (χ1) is 11.4. The fourth-order valence-electron chi connectivity index (χ4n) is 2.71. The Bertz CT molecular complexity index is 877. The van der Waals surface area contributed by atoms with Crippen LogP contribution in [0.4, 0.5) is 0 Å². The van der Waals surface area contributed by atoms with Gasteiger partial charge in [0.05, 0.1) is 17.9 Å². The van der Waals surface area contributed by atoms with E-state index in [9.17, 15) is 9.59 Å². The van der Waals surface area contributed by atoms with Gasteiger partial charge in [-0.05, 0) is 51.1 Å². The molecule has 3 rings (SSSR count). The highest BCUT2D eigenvalue weighted by Gasteiger charge is 2.28. The average molecular weight is 325 g/mol. The fourth-order valence-corrected chi connectivity index (χ4v) is 2.71. The summed E-state index contributed by atoms with van der Waals surface area (Å²) in [7, 11) is 0. The summed E-state index contributed by atoms with van der Waals surface area (Å²) < 4.78 is 12.6. The number of hydrogen-bond acceptors (Lipinski definition) is 4. The van der Waals surface area contributed by atoms with Crippen LogP contribution in [0, 0.1) is 0 Å². The molecule has 1 aromatic carbocycles. The molecule has 1 aliphatic rings. The smallest absolute Gasteiger partial charge is 0.338 e. The number of ether oxygens (including phenoxy) is 2. The largest absolute Gasteiger partial charge is 0.483 e. The minimum atomic E-state index is -0.566. The highest BCUT2D eigenvalue weighted by molar-refractivity contribution is 5.91. The molecule has 0 saturated carbocycles. The Morgan fingerprint density at radius 2 is 2.04 bits per heavy atom. The molecule has 1 aromatic heterocycles. The predicted molar refractivity (Wildman–Crippen MR) is 91.2 cm³/mol. The molecule has 1 aliphatic heterocycles. The minimum absolute atomic E-state index is 0.145. The third-order valence-electron chi connectivity index (χ3n) is 3.71. The molecular weight excluding hydrogens is 306 g/mol. The van der Waals surface area contributed by atoms with E-state index in [0.717, 1.165) is 0 Å². The van der Waals surface area contributed by atoms with Crippen molar-refractivity contribution in [2.24, 2.45) is 0 Å². The Morgan fingerprint density at radius 1 is 1.25 bits per heavy atom. The van der Waals surface area contributed by atoms with Crippen molar-refractivity contribution in [2.45, 2.75) is 26.4 Å². The Balaban J connectivity index is 2.18. The van der Waals surface area contributed by atoms with Crippen LogP contribution in [0.25, 0.3) is 5.70 Å². The maximum absolute atomic E-state index is 12.3.